The minimum atomic E-state index is -0.0706. The first kappa shape index (κ1) is 15.2. The summed E-state index contributed by atoms with van der Waals surface area (Å²) in [5.74, 6) is 2.74. The Balaban J connectivity index is 2.54. The quantitative estimate of drug-likeness (QED) is 0.879. The van der Waals surface area contributed by atoms with Crippen molar-refractivity contribution in [1.29, 1.82) is 0 Å². The molecule has 0 bridgehead atoms. The molecule has 0 aliphatic heterocycles. The molecule has 0 amide bonds. The van der Waals surface area contributed by atoms with Crippen molar-refractivity contribution in [3.63, 3.8) is 0 Å². The third kappa shape index (κ3) is 2.80. The molecule has 2 rings (SSSR count). The van der Waals surface area contributed by atoms with Gasteiger partial charge in [-0.05, 0) is 24.7 Å². The van der Waals surface area contributed by atoms with Crippen LogP contribution in [0.5, 0.6) is 17.2 Å². The topological polar surface area (TPSA) is 57.5 Å². The van der Waals surface area contributed by atoms with Gasteiger partial charge in [0.05, 0.1) is 27.4 Å². The van der Waals surface area contributed by atoms with E-state index in [-0.39, 0.29) is 6.04 Å². The van der Waals surface area contributed by atoms with Gasteiger partial charge in [-0.2, -0.15) is 0 Å². The maximum Gasteiger partial charge on any atom is 0.203 e. The maximum absolute atomic E-state index is 5.40. The number of benzene rings is 1. The van der Waals surface area contributed by atoms with Gasteiger partial charge in [-0.3, -0.25) is 0 Å². The zero-order valence-electron chi connectivity index (χ0n) is 13.0. The van der Waals surface area contributed by atoms with E-state index in [9.17, 15) is 0 Å². The molecule has 114 valence electrons. The molecule has 1 N–H and O–H groups in total. The fourth-order valence-electron chi connectivity index (χ4n) is 2.37. The first-order valence-electron chi connectivity index (χ1n) is 6.60. The van der Waals surface area contributed by atoms with Crippen LogP contribution in [0.1, 0.15) is 17.4 Å². The van der Waals surface area contributed by atoms with Crippen LogP contribution in [-0.4, -0.2) is 37.9 Å². The summed E-state index contributed by atoms with van der Waals surface area (Å²) in [5.41, 5.74) is 0.987. The Morgan fingerprint density at radius 3 is 2.10 bits per heavy atom. The molecule has 0 spiro atoms. The van der Waals surface area contributed by atoms with Gasteiger partial charge in [0.2, 0.25) is 5.75 Å². The van der Waals surface area contributed by atoms with Crippen LogP contribution in [0.25, 0.3) is 0 Å². The van der Waals surface area contributed by atoms with E-state index in [1.54, 1.807) is 27.5 Å². The number of rotatable bonds is 6. The highest BCUT2D eigenvalue weighted by molar-refractivity contribution is 5.55. The first-order valence-corrected chi connectivity index (χ1v) is 6.60. The fourth-order valence-corrected chi connectivity index (χ4v) is 2.37. The van der Waals surface area contributed by atoms with Gasteiger partial charge in [0.15, 0.2) is 11.5 Å². The predicted molar refractivity (Wildman–Crippen MR) is 80.2 cm³/mol. The summed E-state index contributed by atoms with van der Waals surface area (Å²) >= 11 is 0. The molecule has 1 atom stereocenters. The Hall–Kier alpha value is -2.21. The van der Waals surface area contributed by atoms with Crippen molar-refractivity contribution < 1.29 is 14.2 Å². The van der Waals surface area contributed by atoms with E-state index in [1.807, 2.05) is 37.0 Å². The van der Waals surface area contributed by atoms with Gasteiger partial charge in [0, 0.05) is 19.4 Å². The zero-order valence-corrected chi connectivity index (χ0v) is 13.0. The van der Waals surface area contributed by atoms with Crippen molar-refractivity contribution in [1.82, 2.24) is 14.9 Å². The lowest BCUT2D eigenvalue weighted by atomic mass is 10.0. The molecule has 6 nitrogen and oxygen atoms in total. The summed E-state index contributed by atoms with van der Waals surface area (Å²) in [6, 6.07) is 3.78. The van der Waals surface area contributed by atoms with Crippen LogP contribution in [0, 0.1) is 0 Å². The van der Waals surface area contributed by atoms with Crippen LogP contribution in [0.2, 0.25) is 0 Å². The Bertz CT molecular complexity index is 585. The summed E-state index contributed by atoms with van der Waals surface area (Å²) in [4.78, 5) is 4.40. The summed E-state index contributed by atoms with van der Waals surface area (Å²) in [5, 5.41) is 3.27. The third-order valence-corrected chi connectivity index (χ3v) is 3.43. The lowest BCUT2D eigenvalue weighted by molar-refractivity contribution is 0.323. The summed E-state index contributed by atoms with van der Waals surface area (Å²) in [6.45, 7) is 0. The highest BCUT2D eigenvalue weighted by Crippen LogP contribution is 2.40. The molecule has 0 fully saturated rings. The number of nitrogens with one attached hydrogen (secondary N) is 1. The van der Waals surface area contributed by atoms with Gasteiger partial charge in [0.1, 0.15) is 5.82 Å². The Morgan fingerprint density at radius 2 is 1.71 bits per heavy atom. The van der Waals surface area contributed by atoms with E-state index in [0.29, 0.717) is 17.2 Å². The van der Waals surface area contributed by atoms with Crippen LogP contribution in [0.3, 0.4) is 0 Å². The Kier molecular flexibility index (Phi) is 4.70. The lowest BCUT2D eigenvalue weighted by Gasteiger charge is -2.20. The first-order chi connectivity index (χ1) is 10.2. The molecule has 1 unspecified atom stereocenters. The number of hydrogen-bond acceptors (Lipinski definition) is 5. The summed E-state index contributed by atoms with van der Waals surface area (Å²) in [6.07, 6.45) is 3.69. The van der Waals surface area contributed by atoms with Crippen LogP contribution in [-0.2, 0) is 7.05 Å². The number of imidazole rings is 1. The molecule has 0 radical (unpaired) electrons. The Labute approximate surface area is 124 Å². The van der Waals surface area contributed by atoms with E-state index in [2.05, 4.69) is 10.3 Å². The normalized spacial score (nSPS) is 12.0. The average Bonchev–Trinajstić information content (AvgIpc) is 2.93. The van der Waals surface area contributed by atoms with Crippen molar-refractivity contribution >= 4 is 0 Å². The van der Waals surface area contributed by atoms with E-state index >= 15 is 0 Å². The molecule has 6 heteroatoms. The van der Waals surface area contributed by atoms with Crippen molar-refractivity contribution in [2.45, 2.75) is 6.04 Å². The zero-order chi connectivity index (χ0) is 15.4. The van der Waals surface area contributed by atoms with Gasteiger partial charge in [-0.1, -0.05) is 0 Å². The van der Waals surface area contributed by atoms with Gasteiger partial charge in [0.25, 0.3) is 0 Å². The number of aromatic nitrogens is 2. The van der Waals surface area contributed by atoms with Crippen molar-refractivity contribution in [2.75, 3.05) is 28.4 Å². The molecule has 0 saturated carbocycles. The average molecular weight is 291 g/mol. The van der Waals surface area contributed by atoms with Crippen LogP contribution in [0.4, 0.5) is 0 Å². The SMILES string of the molecule is CNC(c1cc(OC)c(OC)c(OC)c1)c1nccn1C. The maximum atomic E-state index is 5.40. The standard InChI is InChI=1S/C15H21N3O3/c1-16-13(15-17-6-7-18(15)2)10-8-11(19-3)14(21-5)12(9-10)20-4/h6-9,13,16H,1-5H3. The van der Waals surface area contributed by atoms with Crippen LogP contribution >= 0.6 is 0 Å². The van der Waals surface area contributed by atoms with E-state index in [1.165, 1.54) is 0 Å². The number of nitrogens with zero attached hydrogens (tertiary/aromatic N) is 2. The van der Waals surface area contributed by atoms with Gasteiger partial charge in [-0.25, -0.2) is 4.98 Å². The highest BCUT2D eigenvalue weighted by Gasteiger charge is 2.21. The van der Waals surface area contributed by atoms with Crippen molar-refractivity contribution in [3.05, 3.63) is 35.9 Å². The number of aryl methyl sites for hydroxylation is 1. The minimum Gasteiger partial charge on any atom is -0.493 e. The molecular weight excluding hydrogens is 270 g/mol. The second-order valence-corrected chi connectivity index (χ2v) is 4.58. The number of methoxy groups -OCH3 is 3. The molecule has 0 saturated heterocycles. The monoisotopic (exact) mass is 291 g/mol. The third-order valence-electron chi connectivity index (χ3n) is 3.43. The van der Waals surface area contributed by atoms with Gasteiger partial charge in [-0.15, -0.1) is 0 Å². The predicted octanol–water partition coefficient (Wildman–Crippen LogP) is 1.75. The fraction of sp³-hybridized carbons (Fsp3) is 0.400. The molecule has 1 heterocycles. The molecular formula is C15H21N3O3. The van der Waals surface area contributed by atoms with E-state index in [0.717, 1.165) is 11.4 Å². The second kappa shape index (κ2) is 6.49. The Morgan fingerprint density at radius 1 is 1.10 bits per heavy atom. The summed E-state index contributed by atoms with van der Waals surface area (Å²) < 4.78 is 18.1. The van der Waals surface area contributed by atoms with Gasteiger partial charge >= 0.3 is 0 Å². The van der Waals surface area contributed by atoms with Crippen molar-refractivity contribution in [3.8, 4) is 17.2 Å². The van der Waals surface area contributed by atoms with E-state index < -0.39 is 0 Å². The van der Waals surface area contributed by atoms with E-state index in [4.69, 9.17) is 14.2 Å². The molecule has 2 aromatic rings. The smallest absolute Gasteiger partial charge is 0.203 e. The van der Waals surface area contributed by atoms with Crippen molar-refractivity contribution in [2.24, 2.45) is 7.05 Å². The van der Waals surface area contributed by atoms with Crippen LogP contribution in [0.15, 0.2) is 24.5 Å². The lowest BCUT2D eigenvalue weighted by Crippen LogP contribution is -2.21. The number of ether oxygens (including phenoxy) is 3. The van der Waals surface area contributed by atoms with Crippen LogP contribution < -0.4 is 19.5 Å². The highest BCUT2D eigenvalue weighted by atomic mass is 16.5. The van der Waals surface area contributed by atoms with Gasteiger partial charge < -0.3 is 24.1 Å². The molecule has 1 aromatic carbocycles. The molecule has 21 heavy (non-hydrogen) atoms. The molecule has 0 aliphatic carbocycles. The molecule has 0 aliphatic rings. The summed E-state index contributed by atoms with van der Waals surface area (Å²) in [7, 11) is 8.66. The molecule has 1 aromatic heterocycles. The largest absolute Gasteiger partial charge is 0.493 e. The second-order valence-electron chi connectivity index (χ2n) is 4.58. The minimum absolute atomic E-state index is 0.0706. The number of hydrogen-bond donors (Lipinski definition) is 1.